The lowest BCUT2D eigenvalue weighted by Gasteiger charge is -2.59. The van der Waals surface area contributed by atoms with Crippen molar-refractivity contribution in [3.8, 4) is 0 Å². The molecular formula is C34H47F4NO6S. The van der Waals surface area contributed by atoms with Crippen molar-refractivity contribution < 1.29 is 45.7 Å². The summed E-state index contributed by atoms with van der Waals surface area (Å²) in [5.74, 6) is -2.23. The molecule has 0 aromatic heterocycles. The second-order valence-corrected chi connectivity index (χ2v) is 18.1. The Balaban J connectivity index is 1.47. The van der Waals surface area contributed by atoms with E-state index >= 15 is 4.39 Å². The zero-order chi connectivity index (χ0) is 33.9. The Morgan fingerprint density at radius 3 is 2.11 bits per heavy atom. The molecule has 0 radical (unpaired) electrons. The fraction of sp³-hybridized carbons (Fsp3) is 0.765. The van der Waals surface area contributed by atoms with Crippen molar-refractivity contribution in [2.24, 2.45) is 22.7 Å². The van der Waals surface area contributed by atoms with E-state index in [1.807, 2.05) is 0 Å². The summed E-state index contributed by atoms with van der Waals surface area (Å²) >= 11 is 0. The molecule has 1 aromatic carbocycles. The standard InChI is InChI=1S/C34H47F4NO6S/c1-28(2)19-44-32(45-20-28)15-12-26-27-23(11-14-31(26,40)18-32)25-13-16-33(41,30(4,35)34(36,37)38)29(25,3)17-24(27)21-7-9-22(10-8-21)46(42,43)39(5)6/h7-10,23-25,40-41H,11-20H2,1-6H3/t23?,24-,25?,29?,30?,31-,33+/m1/s1. The van der Waals surface area contributed by atoms with Gasteiger partial charge in [0.2, 0.25) is 15.7 Å². The van der Waals surface area contributed by atoms with Crippen molar-refractivity contribution in [3.05, 3.63) is 41.0 Å². The normalized spacial score (nSPS) is 38.7. The van der Waals surface area contributed by atoms with Crippen molar-refractivity contribution in [2.45, 2.75) is 119 Å². The average Bonchev–Trinajstić information content (AvgIpc) is 3.24. The van der Waals surface area contributed by atoms with Crippen LogP contribution in [0.2, 0.25) is 0 Å². The summed E-state index contributed by atoms with van der Waals surface area (Å²) < 4.78 is 98.1. The molecule has 4 aliphatic carbocycles. The van der Waals surface area contributed by atoms with E-state index in [1.54, 1.807) is 19.1 Å². The number of hydrogen-bond acceptors (Lipinski definition) is 6. The fourth-order valence-electron chi connectivity index (χ4n) is 9.65. The van der Waals surface area contributed by atoms with E-state index in [4.69, 9.17) is 9.47 Å². The predicted octanol–water partition coefficient (Wildman–Crippen LogP) is 6.25. The molecule has 3 saturated carbocycles. The summed E-state index contributed by atoms with van der Waals surface area (Å²) in [6.07, 6.45) is -3.38. The number of ether oxygens (including phenoxy) is 2. The Hall–Kier alpha value is -1.57. The van der Waals surface area contributed by atoms with Gasteiger partial charge in [-0.2, -0.15) is 13.2 Å². The number of hydrogen-bond donors (Lipinski definition) is 2. The average molecular weight is 674 g/mol. The molecule has 1 saturated heterocycles. The van der Waals surface area contributed by atoms with Gasteiger partial charge >= 0.3 is 6.18 Å². The Morgan fingerprint density at radius 1 is 0.935 bits per heavy atom. The van der Waals surface area contributed by atoms with Gasteiger partial charge in [0, 0.05) is 43.7 Å². The van der Waals surface area contributed by atoms with Crippen molar-refractivity contribution in [1.82, 2.24) is 4.31 Å². The number of nitrogens with zero attached hydrogens (tertiary/aromatic N) is 1. The molecule has 1 aromatic rings. The fourth-order valence-corrected chi connectivity index (χ4v) is 10.5. The molecular weight excluding hydrogens is 626 g/mol. The zero-order valence-electron chi connectivity index (χ0n) is 27.5. The second kappa shape index (κ2) is 10.5. The van der Waals surface area contributed by atoms with Crippen LogP contribution in [0.15, 0.2) is 40.3 Å². The third-order valence-electron chi connectivity index (χ3n) is 12.4. The number of sulfonamides is 1. The van der Waals surface area contributed by atoms with Gasteiger partial charge in [-0.3, -0.25) is 0 Å². The molecule has 2 N–H and O–H groups in total. The maximum Gasteiger partial charge on any atom is 0.425 e. The van der Waals surface area contributed by atoms with Gasteiger partial charge < -0.3 is 19.7 Å². The minimum atomic E-state index is -5.28. The summed E-state index contributed by atoms with van der Waals surface area (Å²) in [6.45, 7) is 7.13. The number of halogens is 4. The zero-order valence-corrected chi connectivity index (χ0v) is 28.3. The molecule has 1 aliphatic heterocycles. The van der Waals surface area contributed by atoms with Crippen LogP contribution in [0.25, 0.3) is 0 Å². The molecule has 0 amide bonds. The van der Waals surface area contributed by atoms with Gasteiger partial charge in [-0.25, -0.2) is 17.1 Å². The molecule has 1 heterocycles. The first-order valence-electron chi connectivity index (χ1n) is 16.3. The Bertz CT molecular complexity index is 1510. The van der Waals surface area contributed by atoms with Gasteiger partial charge in [0.25, 0.3) is 0 Å². The van der Waals surface area contributed by atoms with Crippen LogP contribution in [0, 0.1) is 22.7 Å². The lowest BCUT2D eigenvalue weighted by atomic mass is 9.48. The van der Waals surface area contributed by atoms with Gasteiger partial charge in [-0.1, -0.05) is 38.5 Å². The molecule has 0 bridgehead atoms. The van der Waals surface area contributed by atoms with Crippen LogP contribution in [0.5, 0.6) is 0 Å². The molecule has 5 aliphatic rings. The maximum atomic E-state index is 16.0. The SMILES string of the molecule is CN(C)S(=O)(=O)c1ccc([C@H]2CC3(C)C(CC[C@@]3(O)C(C)(F)C(F)(F)F)C3CC[C@@]4(O)CC5(CCC4=C32)OCC(C)(C)CO5)cc1. The number of fused-ring (bicyclic) bond motifs is 4. The molecule has 6 rings (SSSR count). The summed E-state index contributed by atoms with van der Waals surface area (Å²) in [5, 5.41) is 24.2. The summed E-state index contributed by atoms with van der Waals surface area (Å²) in [6, 6.07) is 6.28. The van der Waals surface area contributed by atoms with Crippen LogP contribution in [0.4, 0.5) is 17.6 Å². The van der Waals surface area contributed by atoms with Crippen molar-refractivity contribution in [2.75, 3.05) is 27.3 Å². The maximum absolute atomic E-state index is 16.0. The number of rotatable bonds is 4. The minimum Gasteiger partial charge on any atom is -0.386 e. The summed E-state index contributed by atoms with van der Waals surface area (Å²) in [7, 11) is -0.886. The van der Waals surface area contributed by atoms with E-state index in [0.717, 1.165) is 15.5 Å². The summed E-state index contributed by atoms with van der Waals surface area (Å²) in [4.78, 5) is 0.0652. The van der Waals surface area contributed by atoms with Gasteiger partial charge in [0.1, 0.15) is 5.60 Å². The van der Waals surface area contributed by atoms with Gasteiger partial charge in [0.15, 0.2) is 5.79 Å². The largest absolute Gasteiger partial charge is 0.425 e. The van der Waals surface area contributed by atoms with Crippen molar-refractivity contribution in [1.29, 1.82) is 0 Å². The molecule has 7 nitrogen and oxygen atoms in total. The molecule has 4 fully saturated rings. The lowest BCUT2D eigenvalue weighted by molar-refractivity contribution is -0.323. The Labute approximate surface area is 269 Å². The predicted molar refractivity (Wildman–Crippen MR) is 163 cm³/mol. The molecule has 258 valence electrons. The van der Waals surface area contributed by atoms with E-state index in [0.29, 0.717) is 51.4 Å². The van der Waals surface area contributed by atoms with Crippen molar-refractivity contribution in [3.63, 3.8) is 0 Å². The molecule has 12 heteroatoms. The van der Waals surface area contributed by atoms with Gasteiger partial charge in [0.05, 0.1) is 23.7 Å². The third-order valence-corrected chi connectivity index (χ3v) is 14.2. The van der Waals surface area contributed by atoms with Gasteiger partial charge in [-0.05, 0) is 80.6 Å². The van der Waals surface area contributed by atoms with Crippen LogP contribution in [0.1, 0.15) is 90.5 Å². The number of aliphatic hydroxyl groups is 2. The highest BCUT2D eigenvalue weighted by Gasteiger charge is 2.76. The highest BCUT2D eigenvalue weighted by molar-refractivity contribution is 7.89. The summed E-state index contributed by atoms with van der Waals surface area (Å²) in [5.41, 5.74) is -6.97. The van der Waals surface area contributed by atoms with Crippen LogP contribution in [-0.2, 0) is 19.5 Å². The second-order valence-electron chi connectivity index (χ2n) is 16.0. The van der Waals surface area contributed by atoms with Gasteiger partial charge in [-0.15, -0.1) is 0 Å². The number of allylic oxidation sites excluding steroid dienone is 1. The van der Waals surface area contributed by atoms with E-state index in [2.05, 4.69) is 13.8 Å². The first kappa shape index (κ1) is 34.3. The molecule has 46 heavy (non-hydrogen) atoms. The van der Waals surface area contributed by atoms with Crippen LogP contribution >= 0.6 is 0 Å². The first-order chi connectivity index (χ1) is 21.0. The van der Waals surface area contributed by atoms with E-state index in [-0.39, 0.29) is 41.9 Å². The van der Waals surface area contributed by atoms with E-state index in [1.165, 1.54) is 26.2 Å². The third kappa shape index (κ3) is 4.86. The van der Waals surface area contributed by atoms with E-state index in [9.17, 15) is 31.8 Å². The van der Waals surface area contributed by atoms with Crippen LogP contribution in [0.3, 0.4) is 0 Å². The van der Waals surface area contributed by atoms with Crippen LogP contribution < -0.4 is 0 Å². The van der Waals surface area contributed by atoms with Crippen LogP contribution in [-0.4, -0.2) is 79.1 Å². The Kier molecular flexibility index (Phi) is 7.80. The highest BCUT2D eigenvalue weighted by Crippen LogP contribution is 2.71. The number of alkyl halides is 4. The highest BCUT2D eigenvalue weighted by atomic mass is 32.2. The first-order valence-corrected chi connectivity index (χ1v) is 17.7. The molecule has 4 unspecified atom stereocenters. The topological polar surface area (TPSA) is 96.3 Å². The Morgan fingerprint density at radius 2 is 1.54 bits per heavy atom. The van der Waals surface area contributed by atoms with E-state index < -0.39 is 56.1 Å². The van der Waals surface area contributed by atoms with Crippen molar-refractivity contribution >= 4 is 10.0 Å². The lowest BCUT2D eigenvalue weighted by Crippen LogP contribution is -2.66. The monoisotopic (exact) mass is 673 g/mol. The minimum absolute atomic E-state index is 0.0152. The smallest absolute Gasteiger partial charge is 0.386 e. The molecule has 1 spiro atoms. The number of benzene rings is 1. The molecule has 7 atom stereocenters. The quantitative estimate of drug-likeness (QED) is 0.290.